The second kappa shape index (κ2) is 8.71. The van der Waals surface area contributed by atoms with Crippen LogP contribution in [0.25, 0.3) is 0 Å². The average Bonchev–Trinajstić information content (AvgIpc) is 2.33. The minimum absolute atomic E-state index is 0. The van der Waals surface area contributed by atoms with Gasteiger partial charge in [0.25, 0.3) is 10.1 Å². The molecule has 7 nitrogen and oxygen atoms in total. The van der Waals surface area contributed by atoms with Crippen molar-refractivity contribution in [1.82, 2.24) is 0 Å². The molecule has 0 radical (unpaired) electrons. The van der Waals surface area contributed by atoms with Gasteiger partial charge in [0.15, 0.2) is 0 Å². The number of anilines is 1. The van der Waals surface area contributed by atoms with Crippen molar-refractivity contribution in [2.24, 2.45) is 0 Å². The van der Waals surface area contributed by atoms with Crippen LogP contribution in [-0.2, 0) is 10.1 Å². The average molecular weight is 314 g/mol. The summed E-state index contributed by atoms with van der Waals surface area (Å²) in [6.45, 7) is -0.0316. The third kappa shape index (κ3) is 7.32. The molecule has 9 heteroatoms. The number of methoxy groups -OCH3 is 2. The Morgan fingerprint density at radius 1 is 1.20 bits per heavy atom. The zero-order valence-corrected chi connectivity index (χ0v) is 14.5. The van der Waals surface area contributed by atoms with Crippen molar-refractivity contribution in [1.29, 1.82) is 0 Å². The molecule has 1 aromatic rings. The minimum atomic E-state index is -4.19. The first-order chi connectivity index (χ1) is 8.84. The second-order valence-electron chi connectivity index (χ2n) is 3.88. The van der Waals surface area contributed by atoms with Gasteiger partial charge in [-0.2, -0.15) is 8.42 Å². The van der Waals surface area contributed by atoms with E-state index in [0.29, 0.717) is 17.2 Å². The molecule has 0 amide bonds. The van der Waals surface area contributed by atoms with Gasteiger partial charge >= 0.3 is 29.6 Å². The molecule has 0 saturated heterocycles. The van der Waals surface area contributed by atoms with Gasteiger partial charge in [0.2, 0.25) is 0 Å². The van der Waals surface area contributed by atoms with Crippen LogP contribution in [0, 0.1) is 0 Å². The largest absolute Gasteiger partial charge is 1.00 e. The van der Waals surface area contributed by atoms with Gasteiger partial charge in [-0.25, -0.2) is 0 Å². The third-order valence-electron chi connectivity index (χ3n) is 2.30. The maximum absolute atomic E-state index is 10.6. The van der Waals surface area contributed by atoms with Crippen LogP contribution in [0.2, 0.25) is 0 Å². The fourth-order valence-electron chi connectivity index (χ4n) is 1.45. The van der Waals surface area contributed by atoms with E-state index in [1.165, 1.54) is 14.2 Å². The zero-order valence-electron chi connectivity index (χ0n) is 11.7. The van der Waals surface area contributed by atoms with Gasteiger partial charge in [-0.15, -0.1) is 0 Å². The van der Waals surface area contributed by atoms with Gasteiger partial charge in [0.05, 0.1) is 20.3 Å². The molecule has 0 heterocycles. The summed E-state index contributed by atoms with van der Waals surface area (Å²) in [6, 6.07) is 5.02. The van der Waals surface area contributed by atoms with Gasteiger partial charge in [-0.1, -0.05) is 0 Å². The van der Waals surface area contributed by atoms with Gasteiger partial charge in [-0.3, -0.25) is 4.55 Å². The summed E-state index contributed by atoms with van der Waals surface area (Å²) in [5.41, 5.74) is 0.602. The molecule has 1 unspecified atom stereocenters. The summed E-state index contributed by atoms with van der Waals surface area (Å²) in [4.78, 5) is 0. The number of hydrogen-bond acceptors (Lipinski definition) is 6. The molecule has 108 valence electrons. The number of aliphatic hydroxyl groups excluding tert-OH is 1. The molecule has 0 aliphatic rings. The molecule has 1 rings (SSSR count). The van der Waals surface area contributed by atoms with E-state index in [4.69, 9.17) is 14.0 Å². The van der Waals surface area contributed by atoms with E-state index < -0.39 is 22.0 Å². The van der Waals surface area contributed by atoms with Crippen LogP contribution in [0.3, 0.4) is 0 Å². The predicted molar refractivity (Wildman–Crippen MR) is 70.5 cm³/mol. The third-order valence-corrected chi connectivity index (χ3v) is 3.10. The van der Waals surface area contributed by atoms with E-state index in [1.54, 1.807) is 18.2 Å². The summed E-state index contributed by atoms with van der Waals surface area (Å²) in [7, 11) is -1.18. The summed E-state index contributed by atoms with van der Waals surface area (Å²) in [6.07, 6.45) is -1.22. The van der Waals surface area contributed by atoms with Gasteiger partial charge in [0, 0.05) is 30.4 Å². The Hall–Kier alpha value is -0.510. The maximum Gasteiger partial charge on any atom is 1.00 e. The molecular formula is C11H17NNaO6S+. The van der Waals surface area contributed by atoms with Crippen molar-refractivity contribution in [2.45, 2.75) is 6.10 Å². The SMILES string of the molecule is COc1cc(NCC(O)CS(=O)(=O)O)cc(OC)c1.[Na+]. The Balaban J connectivity index is 0.00000361. The van der Waals surface area contributed by atoms with Crippen LogP contribution >= 0.6 is 0 Å². The first-order valence-electron chi connectivity index (χ1n) is 5.44. The monoisotopic (exact) mass is 314 g/mol. The van der Waals surface area contributed by atoms with Crippen molar-refractivity contribution in [3.8, 4) is 11.5 Å². The predicted octanol–water partition coefficient (Wildman–Crippen LogP) is -2.63. The minimum Gasteiger partial charge on any atom is -0.497 e. The number of rotatable bonds is 7. The number of benzene rings is 1. The maximum atomic E-state index is 10.6. The topological polar surface area (TPSA) is 105 Å². The number of ether oxygens (including phenoxy) is 2. The van der Waals surface area contributed by atoms with Gasteiger partial charge < -0.3 is 19.9 Å². The molecule has 3 N–H and O–H groups in total. The molecule has 0 bridgehead atoms. The van der Waals surface area contributed by atoms with Crippen molar-refractivity contribution in [3.05, 3.63) is 18.2 Å². The van der Waals surface area contributed by atoms with E-state index in [1.807, 2.05) is 0 Å². The molecule has 1 aromatic carbocycles. The van der Waals surface area contributed by atoms with Crippen LogP contribution in [-0.4, -0.2) is 50.7 Å². The molecule has 0 aliphatic carbocycles. The fraction of sp³-hybridized carbons (Fsp3) is 0.455. The Labute approximate surface area is 140 Å². The Morgan fingerprint density at radius 2 is 1.70 bits per heavy atom. The molecule has 0 aliphatic heterocycles. The number of hydrogen-bond donors (Lipinski definition) is 3. The van der Waals surface area contributed by atoms with Crippen LogP contribution in [0.15, 0.2) is 18.2 Å². The molecular weight excluding hydrogens is 297 g/mol. The number of aliphatic hydroxyl groups is 1. The van der Waals surface area contributed by atoms with Crippen LogP contribution in [0.5, 0.6) is 11.5 Å². The molecule has 1 atom stereocenters. The summed E-state index contributed by atoms with van der Waals surface area (Å²) in [5.74, 6) is 0.401. The van der Waals surface area contributed by atoms with Crippen molar-refractivity contribution in [3.63, 3.8) is 0 Å². The van der Waals surface area contributed by atoms with Gasteiger partial charge in [-0.05, 0) is 0 Å². The fourth-order valence-corrected chi connectivity index (χ4v) is 2.05. The smallest absolute Gasteiger partial charge is 0.497 e. The van der Waals surface area contributed by atoms with Crippen LogP contribution in [0.4, 0.5) is 5.69 Å². The number of nitrogens with one attached hydrogen (secondary N) is 1. The summed E-state index contributed by atoms with van der Waals surface area (Å²) < 4.78 is 39.9. The molecule has 0 fully saturated rings. The van der Waals surface area contributed by atoms with E-state index >= 15 is 0 Å². The Morgan fingerprint density at radius 3 is 2.10 bits per heavy atom. The zero-order chi connectivity index (χ0) is 14.5. The first-order valence-corrected chi connectivity index (χ1v) is 7.05. The van der Waals surface area contributed by atoms with Gasteiger partial charge in [0.1, 0.15) is 17.3 Å². The molecule has 0 saturated carbocycles. The Bertz CT molecular complexity index is 499. The second-order valence-corrected chi connectivity index (χ2v) is 5.38. The van der Waals surface area contributed by atoms with E-state index in [2.05, 4.69) is 5.32 Å². The standard InChI is InChI=1S/C11H17NO6S.Na/c1-17-10-3-8(4-11(5-10)18-2)12-6-9(13)7-19(14,15)16;/h3-5,9,12-13H,6-7H2,1-2H3,(H,14,15,16);/q;+1. The van der Waals surface area contributed by atoms with E-state index in [-0.39, 0.29) is 36.1 Å². The van der Waals surface area contributed by atoms with Crippen LogP contribution in [0.1, 0.15) is 0 Å². The molecule has 0 aromatic heterocycles. The normalized spacial score (nSPS) is 12.2. The molecule has 0 spiro atoms. The summed E-state index contributed by atoms with van der Waals surface area (Å²) in [5, 5.41) is 12.3. The first kappa shape index (κ1) is 19.5. The summed E-state index contributed by atoms with van der Waals surface area (Å²) >= 11 is 0. The quantitative estimate of drug-likeness (QED) is 0.373. The molecule has 20 heavy (non-hydrogen) atoms. The van der Waals surface area contributed by atoms with E-state index in [0.717, 1.165) is 0 Å². The van der Waals surface area contributed by atoms with Crippen molar-refractivity contribution >= 4 is 15.8 Å². The van der Waals surface area contributed by atoms with Crippen molar-refractivity contribution in [2.75, 3.05) is 31.8 Å². The van der Waals surface area contributed by atoms with Crippen LogP contribution < -0.4 is 44.3 Å². The van der Waals surface area contributed by atoms with Crippen molar-refractivity contribution < 1.29 is 57.1 Å². The Kier molecular flexibility index (Phi) is 8.48. The van der Waals surface area contributed by atoms with E-state index in [9.17, 15) is 13.5 Å².